The molecule has 0 aliphatic heterocycles. The average molecular weight is 339 g/mol. The number of halogens is 1. The SMILES string of the molecule is N#CCCN(CCC#N)c1ncnc(NCc2ccc(F)cc2)c1N. The molecule has 0 aliphatic carbocycles. The zero-order valence-electron chi connectivity index (χ0n) is 13.6. The topological polar surface area (TPSA) is 115 Å². The van der Waals surface area contributed by atoms with Crippen LogP contribution in [-0.2, 0) is 6.54 Å². The molecule has 0 amide bonds. The molecule has 25 heavy (non-hydrogen) atoms. The Bertz CT molecular complexity index is 759. The van der Waals surface area contributed by atoms with Gasteiger partial charge in [0, 0.05) is 19.6 Å². The number of anilines is 3. The third kappa shape index (κ3) is 5.05. The molecule has 0 unspecified atom stereocenters. The smallest absolute Gasteiger partial charge is 0.157 e. The first-order valence-electron chi connectivity index (χ1n) is 7.73. The number of hydrogen-bond acceptors (Lipinski definition) is 7. The minimum absolute atomic E-state index is 0.293. The van der Waals surface area contributed by atoms with Crippen molar-refractivity contribution in [3.05, 3.63) is 42.0 Å². The maximum Gasteiger partial charge on any atom is 0.157 e. The highest BCUT2D eigenvalue weighted by atomic mass is 19.1. The highest BCUT2D eigenvalue weighted by Crippen LogP contribution is 2.26. The van der Waals surface area contributed by atoms with Gasteiger partial charge in [-0.1, -0.05) is 12.1 Å². The third-order valence-electron chi connectivity index (χ3n) is 3.52. The molecule has 1 aromatic carbocycles. The molecule has 1 heterocycles. The van der Waals surface area contributed by atoms with E-state index in [0.717, 1.165) is 5.56 Å². The van der Waals surface area contributed by atoms with E-state index < -0.39 is 0 Å². The van der Waals surface area contributed by atoms with Crippen LogP contribution in [0.1, 0.15) is 18.4 Å². The van der Waals surface area contributed by atoms with Crippen LogP contribution in [0.3, 0.4) is 0 Å². The van der Waals surface area contributed by atoms with Crippen molar-refractivity contribution in [2.45, 2.75) is 19.4 Å². The molecule has 0 fully saturated rings. The van der Waals surface area contributed by atoms with Crippen LogP contribution in [0.4, 0.5) is 21.7 Å². The van der Waals surface area contributed by atoms with Gasteiger partial charge in [-0.05, 0) is 17.7 Å². The summed E-state index contributed by atoms with van der Waals surface area (Å²) in [7, 11) is 0. The largest absolute Gasteiger partial charge is 0.393 e. The molecular weight excluding hydrogens is 321 g/mol. The van der Waals surface area contributed by atoms with Crippen LogP contribution in [0.2, 0.25) is 0 Å². The summed E-state index contributed by atoms with van der Waals surface area (Å²) in [4.78, 5) is 10.1. The highest BCUT2D eigenvalue weighted by molar-refractivity contribution is 5.74. The summed E-state index contributed by atoms with van der Waals surface area (Å²) in [5.41, 5.74) is 7.39. The van der Waals surface area contributed by atoms with Crippen molar-refractivity contribution in [2.75, 3.05) is 29.0 Å². The van der Waals surface area contributed by atoms with Crippen LogP contribution in [-0.4, -0.2) is 23.1 Å². The van der Waals surface area contributed by atoms with E-state index in [1.54, 1.807) is 17.0 Å². The van der Waals surface area contributed by atoms with Gasteiger partial charge in [-0.3, -0.25) is 0 Å². The van der Waals surface area contributed by atoms with E-state index in [0.29, 0.717) is 49.8 Å². The standard InChI is InChI=1S/C17H18FN7/c18-14-5-3-13(4-6-14)11-22-16-15(21)17(24-12-23-16)25(9-1-7-19)10-2-8-20/h3-6,12H,1-2,9-11,21H2,(H,22,23,24). The van der Waals surface area contributed by atoms with Crippen molar-refractivity contribution in [3.8, 4) is 12.1 Å². The molecular formula is C17H18FN7. The number of nitrogens with zero attached hydrogens (tertiary/aromatic N) is 5. The molecule has 0 spiro atoms. The quantitative estimate of drug-likeness (QED) is 0.759. The number of aromatic nitrogens is 2. The first kappa shape index (κ1) is 18.0. The number of rotatable bonds is 8. The molecule has 7 nitrogen and oxygen atoms in total. The van der Waals surface area contributed by atoms with Gasteiger partial charge in [-0.15, -0.1) is 0 Å². The van der Waals surface area contributed by atoms with Crippen molar-refractivity contribution in [1.29, 1.82) is 10.5 Å². The fraction of sp³-hybridized carbons (Fsp3) is 0.294. The molecule has 128 valence electrons. The van der Waals surface area contributed by atoms with Gasteiger partial charge in [0.1, 0.15) is 17.8 Å². The van der Waals surface area contributed by atoms with Crippen LogP contribution >= 0.6 is 0 Å². The first-order valence-corrected chi connectivity index (χ1v) is 7.73. The molecule has 0 saturated carbocycles. The van der Waals surface area contributed by atoms with Crippen molar-refractivity contribution in [2.24, 2.45) is 0 Å². The summed E-state index contributed by atoms with van der Waals surface area (Å²) >= 11 is 0. The Morgan fingerprint density at radius 3 is 2.32 bits per heavy atom. The number of hydrogen-bond donors (Lipinski definition) is 2. The average Bonchev–Trinajstić information content (AvgIpc) is 2.63. The second kappa shape index (κ2) is 9.04. The summed E-state index contributed by atoms with van der Waals surface area (Å²) in [5, 5.41) is 20.7. The Kier molecular flexibility index (Phi) is 6.49. The van der Waals surface area contributed by atoms with Crippen molar-refractivity contribution in [3.63, 3.8) is 0 Å². The second-order valence-corrected chi connectivity index (χ2v) is 5.24. The van der Waals surface area contributed by atoms with Gasteiger partial charge in [0.2, 0.25) is 0 Å². The molecule has 2 rings (SSSR count). The molecule has 1 aromatic heterocycles. The van der Waals surface area contributed by atoms with Crippen molar-refractivity contribution >= 4 is 17.3 Å². The molecule has 0 radical (unpaired) electrons. The maximum absolute atomic E-state index is 12.9. The maximum atomic E-state index is 12.9. The Hall–Kier alpha value is -3.39. The Morgan fingerprint density at radius 2 is 1.72 bits per heavy atom. The van der Waals surface area contributed by atoms with Crippen LogP contribution < -0.4 is 16.0 Å². The summed E-state index contributed by atoms with van der Waals surface area (Å²) in [6.45, 7) is 1.28. The van der Waals surface area contributed by atoms with E-state index in [4.69, 9.17) is 16.3 Å². The lowest BCUT2D eigenvalue weighted by Gasteiger charge is -2.23. The van der Waals surface area contributed by atoms with E-state index >= 15 is 0 Å². The number of nitrogen functional groups attached to an aromatic ring is 1. The molecule has 0 saturated heterocycles. The van der Waals surface area contributed by atoms with Crippen LogP contribution in [0, 0.1) is 28.5 Å². The molecule has 8 heteroatoms. The minimum Gasteiger partial charge on any atom is -0.393 e. The number of benzene rings is 1. The minimum atomic E-state index is -0.293. The second-order valence-electron chi connectivity index (χ2n) is 5.24. The predicted octanol–water partition coefficient (Wildman–Crippen LogP) is 2.44. The van der Waals surface area contributed by atoms with Crippen LogP contribution in [0.5, 0.6) is 0 Å². The third-order valence-corrected chi connectivity index (χ3v) is 3.52. The van der Waals surface area contributed by atoms with E-state index in [9.17, 15) is 4.39 Å². The molecule has 0 aliphatic rings. The number of nitriles is 2. The van der Waals surface area contributed by atoms with E-state index in [1.165, 1.54) is 18.5 Å². The molecule has 2 aromatic rings. The van der Waals surface area contributed by atoms with Gasteiger partial charge >= 0.3 is 0 Å². The molecule has 3 N–H and O–H groups in total. The van der Waals surface area contributed by atoms with E-state index in [2.05, 4.69) is 27.4 Å². The summed E-state index contributed by atoms with van der Waals surface area (Å²) in [6.07, 6.45) is 1.98. The van der Waals surface area contributed by atoms with Gasteiger partial charge in [0.05, 0.1) is 25.0 Å². The summed E-state index contributed by atoms with van der Waals surface area (Å²) < 4.78 is 12.9. The zero-order chi connectivity index (χ0) is 18.1. The fourth-order valence-electron chi connectivity index (χ4n) is 2.26. The predicted molar refractivity (Wildman–Crippen MR) is 92.8 cm³/mol. The lowest BCUT2D eigenvalue weighted by atomic mass is 10.2. The number of nitrogens with two attached hydrogens (primary N) is 1. The number of nitrogens with one attached hydrogen (secondary N) is 1. The van der Waals surface area contributed by atoms with Gasteiger partial charge in [0.15, 0.2) is 11.6 Å². The Morgan fingerprint density at radius 1 is 1.08 bits per heavy atom. The van der Waals surface area contributed by atoms with E-state index in [-0.39, 0.29) is 5.82 Å². The van der Waals surface area contributed by atoms with E-state index in [1.807, 2.05) is 0 Å². The monoisotopic (exact) mass is 339 g/mol. The summed E-state index contributed by atoms with van der Waals surface area (Å²) in [6, 6.07) is 10.3. The van der Waals surface area contributed by atoms with Crippen molar-refractivity contribution < 1.29 is 4.39 Å². The lowest BCUT2D eigenvalue weighted by molar-refractivity contribution is 0.627. The highest BCUT2D eigenvalue weighted by Gasteiger charge is 2.15. The van der Waals surface area contributed by atoms with Gasteiger partial charge in [0.25, 0.3) is 0 Å². The Balaban J connectivity index is 2.14. The van der Waals surface area contributed by atoms with Crippen LogP contribution in [0.25, 0.3) is 0 Å². The first-order chi connectivity index (χ1) is 12.2. The van der Waals surface area contributed by atoms with Gasteiger partial charge in [-0.2, -0.15) is 10.5 Å². The van der Waals surface area contributed by atoms with Crippen LogP contribution in [0.15, 0.2) is 30.6 Å². The molecule has 0 bridgehead atoms. The summed E-state index contributed by atoms with van der Waals surface area (Å²) in [5.74, 6) is 0.647. The Labute approximate surface area is 145 Å². The molecule has 0 atom stereocenters. The van der Waals surface area contributed by atoms with Gasteiger partial charge < -0.3 is 16.0 Å². The fourth-order valence-corrected chi connectivity index (χ4v) is 2.26. The van der Waals surface area contributed by atoms with Gasteiger partial charge in [-0.25, -0.2) is 14.4 Å². The zero-order valence-corrected chi connectivity index (χ0v) is 13.6. The normalized spacial score (nSPS) is 9.88. The lowest BCUT2D eigenvalue weighted by Crippen LogP contribution is -2.27. The van der Waals surface area contributed by atoms with Crippen molar-refractivity contribution in [1.82, 2.24) is 9.97 Å².